The van der Waals surface area contributed by atoms with Gasteiger partial charge in [-0.15, -0.1) is 0 Å². The molecule has 8 heteroatoms. The molecule has 8 nitrogen and oxygen atoms in total. The van der Waals surface area contributed by atoms with Crippen LogP contribution in [0, 0.1) is 11.3 Å². The van der Waals surface area contributed by atoms with Crippen molar-refractivity contribution >= 4 is 17.7 Å². The van der Waals surface area contributed by atoms with Gasteiger partial charge in [-0.05, 0) is 62.6 Å². The van der Waals surface area contributed by atoms with Crippen LogP contribution in [0.15, 0.2) is 48.7 Å². The minimum atomic E-state index is -0.601. The van der Waals surface area contributed by atoms with Crippen molar-refractivity contribution in [1.82, 2.24) is 15.1 Å². The SMILES string of the molecule is CC(C)(C)OC(=O)Nc1cccc(-n2cc(-c3ccc4c(c3)CCNC4=O)c(C#N)n2)c1. The van der Waals surface area contributed by atoms with Crippen molar-refractivity contribution in [2.45, 2.75) is 32.8 Å². The first kappa shape index (κ1) is 21.1. The van der Waals surface area contributed by atoms with Crippen LogP contribution < -0.4 is 10.6 Å². The molecule has 0 saturated carbocycles. The summed E-state index contributed by atoms with van der Waals surface area (Å²) in [6.07, 6.45) is 1.96. The summed E-state index contributed by atoms with van der Waals surface area (Å²) in [5, 5.41) is 19.6. The van der Waals surface area contributed by atoms with Crippen molar-refractivity contribution < 1.29 is 14.3 Å². The van der Waals surface area contributed by atoms with Gasteiger partial charge in [-0.25, -0.2) is 9.48 Å². The van der Waals surface area contributed by atoms with Gasteiger partial charge in [0.15, 0.2) is 5.69 Å². The number of carbonyl (C=O) groups is 2. The zero-order chi connectivity index (χ0) is 22.9. The third kappa shape index (κ3) is 4.47. The van der Waals surface area contributed by atoms with Gasteiger partial charge in [0, 0.05) is 29.6 Å². The van der Waals surface area contributed by atoms with Gasteiger partial charge in [0.05, 0.1) is 5.69 Å². The second-order valence-corrected chi connectivity index (χ2v) is 8.50. The number of nitriles is 1. The second kappa shape index (κ2) is 8.19. The first-order chi connectivity index (χ1) is 15.2. The van der Waals surface area contributed by atoms with Crippen molar-refractivity contribution in [2.24, 2.45) is 0 Å². The number of nitrogens with zero attached hydrogens (tertiary/aromatic N) is 3. The van der Waals surface area contributed by atoms with Gasteiger partial charge < -0.3 is 10.1 Å². The highest BCUT2D eigenvalue weighted by molar-refractivity contribution is 5.97. The van der Waals surface area contributed by atoms with Crippen LogP contribution >= 0.6 is 0 Å². The van der Waals surface area contributed by atoms with E-state index in [1.807, 2.05) is 18.2 Å². The number of carbonyl (C=O) groups excluding carboxylic acids is 2. The minimum Gasteiger partial charge on any atom is -0.444 e. The van der Waals surface area contributed by atoms with E-state index in [9.17, 15) is 14.9 Å². The summed E-state index contributed by atoms with van der Waals surface area (Å²) in [7, 11) is 0. The lowest BCUT2D eigenvalue weighted by Gasteiger charge is -2.19. The predicted molar refractivity (Wildman–Crippen MR) is 120 cm³/mol. The molecule has 4 rings (SSSR count). The summed E-state index contributed by atoms with van der Waals surface area (Å²) < 4.78 is 6.89. The first-order valence-corrected chi connectivity index (χ1v) is 10.3. The Balaban J connectivity index is 1.64. The number of anilines is 1. The average Bonchev–Trinajstić information content (AvgIpc) is 3.17. The molecule has 0 radical (unpaired) electrons. The number of rotatable bonds is 3. The number of hydrogen-bond acceptors (Lipinski definition) is 5. The molecule has 1 aliphatic rings. The molecule has 0 aliphatic carbocycles. The Labute approximate surface area is 185 Å². The molecule has 1 aliphatic heterocycles. The number of benzene rings is 2. The maximum atomic E-state index is 12.1. The molecular formula is C24H23N5O3. The molecule has 2 N–H and O–H groups in total. The quantitative estimate of drug-likeness (QED) is 0.653. The molecule has 1 aromatic heterocycles. The lowest BCUT2D eigenvalue weighted by Crippen LogP contribution is -2.31. The number of aromatic nitrogens is 2. The van der Waals surface area contributed by atoms with Gasteiger partial charge in [-0.1, -0.05) is 18.2 Å². The zero-order valence-corrected chi connectivity index (χ0v) is 18.1. The lowest BCUT2D eigenvalue weighted by molar-refractivity contribution is 0.0635. The number of ether oxygens (including phenoxy) is 1. The fraction of sp³-hybridized carbons (Fsp3) is 0.250. The van der Waals surface area contributed by atoms with Crippen LogP contribution in [0.2, 0.25) is 0 Å². The van der Waals surface area contributed by atoms with E-state index in [0.717, 1.165) is 17.5 Å². The Morgan fingerprint density at radius 1 is 1.22 bits per heavy atom. The normalized spacial score (nSPS) is 13.0. The molecule has 0 fully saturated rings. The fourth-order valence-corrected chi connectivity index (χ4v) is 3.54. The van der Waals surface area contributed by atoms with Crippen LogP contribution in [0.5, 0.6) is 0 Å². The maximum Gasteiger partial charge on any atom is 0.412 e. The highest BCUT2D eigenvalue weighted by atomic mass is 16.6. The number of fused-ring (bicyclic) bond motifs is 1. The van der Waals surface area contributed by atoms with Crippen LogP contribution in [0.25, 0.3) is 16.8 Å². The van der Waals surface area contributed by atoms with E-state index in [2.05, 4.69) is 21.8 Å². The maximum absolute atomic E-state index is 12.1. The van der Waals surface area contributed by atoms with Gasteiger partial charge >= 0.3 is 6.09 Å². The van der Waals surface area contributed by atoms with E-state index in [4.69, 9.17) is 4.74 Å². The van der Waals surface area contributed by atoms with Crippen LogP contribution in [0.4, 0.5) is 10.5 Å². The molecule has 0 spiro atoms. The lowest BCUT2D eigenvalue weighted by atomic mass is 9.95. The number of hydrogen-bond donors (Lipinski definition) is 2. The summed E-state index contributed by atoms with van der Waals surface area (Å²) >= 11 is 0. The van der Waals surface area contributed by atoms with Crippen molar-refractivity contribution in [1.29, 1.82) is 5.26 Å². The van der Waals surface area contributed by atoms with Crippen LogP contribution in [0.3, 0.4) is 0 Å². The smallest absolute Gasteiger partial charge is 0.412 e. The predicted octanol–water partition coefficient (Wildman–Crippen LogP) is 4.04. The Hall–Kier alpha value is -4.12. The molecule has 0 unspecified atom stereocenters. The van der Waals surface area contributed by atoms with Crippen molar-refractivity contribution in [3.63, 3.8) is 0 Å². The Bertz CT molecular complexity index is 1250. The molecule has 162 valence electrons. The largest absolute Gasteiger partial charge is 0.444 e. The number of nitrogens with one attached hydrogen (secondary N) is 2. The minimum absolute atomic E-state index is 0.0803. The van der Waals surface area contributed by atoms with Gasteiger partial charge in [-0.2, -0.15) is 10.4 Å². The summed E-state index contributed by atoms with van der Waals surface area (Å²) in [4.78, 5) is 24.1. The molecule has 2 amide bonds. The van der Waals surface area contributed by atoms with Crippen molar-refractivity contribution in [2.75, 3.05) is 11.9 Å². The third-order valence-corrected chi connectivity index (χ3v) is 4.92. The number of amides is 2. The molecule has 3 aromatic rings. The van der Waals surface area contributed by atoms with E-state index in [0.29, 0.717) is 29.0 Å². The highest BCUT2D eigenvalue weighted by Gasteiger charge is 2.20. The molecule has 2 aromatic carbocycles. The van der Waals surface area contributed by atoms with Crippen LogP contribution in [-0.4, -0.2) is 33.9 Å². The van der Waals surface area contributed by atoms with Crippen LogP contribution in [-0.2, 0) is 11.2 Å². The fourth-order valence-electron chi connectivity index (χ4n) is 3.54. The molecule has 2 heterocycles. The summed E-state index contributed by atoms with van der Waals surface area (Å²) in [5.41, 5.74) is 4.01. The molecule has 0 bridgehead atoms. The average molecular weight is 429 g/mol. The molecule has 32 heavy (non-hydrogen) atoms. The molecule has 0 atom stereocenters. The summed E-state index contributed by atoms with van der Waals surface area (Å²) in [5.74, 6) is -0.0803. The van der Waals surface area contributed by atoms with E-state index in [-0.39, 0.29) is 11.6 Å². The Morgan fingerprint density at radius 3 is 2.78 bits per heavy atom. The highest BCUT2D eigenvalue weighted by Crippen LogP contribution is 2.28. The van der Waals surface area contributed by atoms with Gasteiger partial charge in [-0.3, -0.25) is 10.1 Å². The monoisotopic (exact) mass is 429 g/mol. The van der Waals surface area contributed by atoms with E-state index in [1.165, 1.54) is 0 Å². The molecule has 0 saturated heterocycles. The van der Waals surface area contributed by atoms with Crippen molar-refractivity contribution in [3.8, 4) is 22.9 Å². The van der Waals surface area contributed by atoms with E-state index >= 15 is 0 Å². The van der Waals surface area contributed by atoms with Gasteiger partial charge in [0.1, 0.15) is 11.7 Å². The van der Waals surface area contributed by atoms with E-state index in [1.54, 1.807) is 55.9 Å². The van der Waals surface area contributed by atoms with Gasteiger partial charge in [0.25, 0.3) is 5.91 Å². The summed E-state index contributed by atoms with van der Waals surface area (Å²) in [6, 6.07) is 14.8. The Kier molecular flexibility index (Phi) is 5.41. The molecular weight excluding hydrogens is 406 g/mol. The first-order valence-electron chi connectivity index (χ1n) is 10.3. The third-order valence-electron chi connectivity index (χ3n) is 4.92. The zero-order valence-electron chi connectivity index (χ0n) is 18.1. The topological polar surface area (TPSA) is 109 Å². The van der Waals surface area contributed by atoms with Crippen molar-refractivity contribution in [3.05, 3.63) is 65.5 Å². The van der Waals surface area contributed by atoms with Gasteiger partial charge in [0.2, 0.25) is 0 Å². The standard InChI is InChI=1S/C24H23N5O3/c1-24(2,3)32-23(31)27-17-5-4-6-18(12-17)29-14-20(21(13-25)28-29)15-7-8-19-16(11-15)9-10-26-22(19)30/h4-8,11-12,14H,9-10H2,1-3H3,(H,26,30)(H,27,31). The second-order valence-electron chi connectivity index (χ2n) is 8.50. The Morgan fingerprint density at radius 2 is 2.03 bits per heavy atom. The van der Waals surface area contributed by atoms with Crippen LogP contribution in [0.1, 0.15) is 42.4 Å². The summed E-state index contributed by atoms with van der Waals surface area (Å²) in [6.45, 7) is 5.98. The van der Waals surface area contributed by atoms with E-state index < -0.39 is 11.7 Å².